The second-order valence-electron chi connectivity index (χ2n) is 3.85. The van der Waals surface area contributed by atoms with Gasteiger partial charge in [-0.25, -0.2) is 0 Å². The third-order valence-corrected chi connectivity index (χ3v) is 4.88. The van der Waals surface area contributed by atoms with E-state index < -0.39 is 10.8 Å². The fourth-order valence-electron chi connectivity index (χ4n) is 1.59. The van der Waals surface area contributed by atoms with Gasteiger partial charge in [-0.2, -0.15) is 0 Å². The van der Waals surface area contributed by atoms with E-state index in [1.54, 1.807) is 18.2 Å². The Balaban J connectivity index is 2.88. The lowest BCUT2D eigenvalue weighted by molar-refractivity contribution is 0.545. The number of rotatable bonds is 5. The molecule has 0 aliphatic rings. The van der Waals surface area contributed by atoms with E-state index in [1.807, 2.05) is 0 Å². The Bertz CT molecular complexity index is 357. The van der Waals surface area contributed by atoms with E-state index in [9.17, 15) is 4.21 Å². The van der Waals surface area contributed by atoms with Crippen molar-refractivity contribution in [3.8, 4) is 0 Å². The molecule has 0 aliphatic carbocycles. The van der Waals surface area contributed by atoms with Crippen molar-refractivity contribution in [3.63, 3.8) is 0 Å². The van der Waals surface area contributed by atoms with Crippen LogP contribution < -0.4 is 5.73 Å². The maximum absolute atomic E-state index is 12.2. The fourth-order valence-corrected chi connectivity index (χ4v) is 3.71. The van der Waals surface area contributed by atoms with Crippen LogP contribution in [0.25, 0.3) is 0 Å². The normalized spacial score (nSPS) is 13.0. The van der Waals surface area contributed by atoms with Crippen LogP contribution in [0, 0.1) is 5.92 Å². The molecule has 1 unspecified atom stereocenters. The van der Waals surface area contributed by atoms with Crippen LogP contribution in [0.5, 0.6) is 0 Å². The predicted octanol–water partition coefficient (Wildman–Crippen LogP) is 3.47. The van der Waals surface area contributed by atoms with Crippen LogP contribution in [0.2, 0.25) is 5.02 Å². The standard InChI is InChI=1S/C12H18ClNOS/c1-3-9(4-2)8-16(15)12-10(13)6-5-7-11(12)14/h5-7,9H,3-4,8,14H2,1-2H3. The summed E-state index contributed by atoms with van der Waals surface area (Å²) in [5, 5.41) is 0.504. The number of benzene rings is 1. The van der Waals surface area contributed by atoms with E-state index in [4.69, 9.17) is 17.3 Å². The van der Waals surface area contributed by atoms with Crippen molar-refractivity contribution < 1.29 is 4.21 Å². The van der Waals surface area contributed by atoms with Crippen molar-refractivity contribution >= 4 is 28.1 Å². The topological polar surface area (TPSA) is 43.1 Å². The third-order valence-electron chi connectivity index (χ3n) is 2.77. The van der Waals surface area contributed by atoms with E-state index >= 15 is 0 Å². The lowest BCUT2D eigenvalue weighted by Gasteiger charge is -2.13. The fraction of sp³-hybridized carbons (Fsp3) is 0.500. The molecule has 0 bridgehead atoms. The molecule has 0 saturated heterocycles. The van der Waals surface area contributed by atoms with Gasteiger partial charge in [-0.1, -0.05) is 44.4 Å². The minimum Gasteiger partial charge on any atom is -0.398 e. The van der Waals surface area contributed by atoms with Gasteiger partial charge in [0.25, 0.3) is 0 Å². The van der Waals surface area contributed by atoms with Crippen LogP contribution in [-0.4, -0.2) is 9.96 Å². The van der Waals surface area contributed by atoms with Crippen LogP contribution >= 0.6 is 11.6 Å². The quantitative estimate of drug-likeness (QED) is 0.823. The van der Waals surface area contributed by atoms with E-state index in [0.717, 1.165) is 12.8 Å². The Kier molecular flexibility index (Phi) is 5.29. The van der Waals surface area contributed by atoms with E-state index in [1.165, 1.54) is 0 Å². The van der Waals surface area contributed by atoms with Crippen molar-refractivity contribution in [1.29, 1.82) is 0 Å². The number of hydrogen-bond donors (Lipinski definition) is 1. The van der Waals surface area contributed by atoms with E-state index in [0.29, 0.717) is 27.3 Å². The highest BCUT2D eigenvalue weighted by molar-refractivity contribution is 7.85. The van der Waals surface area contributed by atoms with Gasteiger partial charge in [0, 0.05) is 11.4 Å². The van der Waals surface area contributed by atoms with Gasteiger partial charge in [-0.15, -0.1) is 0 Å². The smallest absolute Gasteiger partial charge is 0.0803 e. The predicted molar refractivity (Wildman–Crippen MR) is 71.2 cm³/mol. The SMILES string of the molecule is CCC(CC)CS(=O)c1c(N)cccc1Cl. The van der Waals surface area contributed by atoms with Gasteiger partial charge in [-0.05, 0) is 18.1 Å². The summed E-state index contributed by atoms with van der Waals surface area (Å²) in [6.45, 7) is 4.22. The Morgan fingerprint density at radius 2 is 2.00 bits per heavy atom. The largest absolute Gasteiger partial charge is 0.398 e. The summed E-state index contributed by atoms with van der Waals surface area (Å²) in [5.74, 6) is 1.11. The molecule has 4 heteroatoms. The Morgan fingerprint density at radius 1 is 1.38 bits per heavy atom. The first-order valence-electron chi connectivity index (χ1n) is 5.52. The zero-order valence-electron chi connectivity index (χ0n) is 9.70. The first-order valence-corrected chi connectivity index (χ1v) is 7.22. The molecule has 1 aromatic rings. The van der Waals surface area contributed by atoms with Gasteiger partial charge in [0.05, 0.1) is 20.7 Å². The van der Waals surface area contributed by atoms with Crippen LogP contribution in [0.3, 0.4) is 0 Å². The maximum atomic E-state index is 12.2. The van der Waals surface area contributed by atoms with Crippen molar-refractivity contribution in [1.82, 2.24) is 0 Å². The number of hydrogen-bond acceptors (Lipinski definition) is 2. The molecule has 0 saturated carbocycles. The molecule has 2 N–H and O–H groups in total. The summed E-state index contributed by atoms with van der Waals surface area (Å²) in [5.41, 5.74) is 6.33. The monoisotopic (exact) mass is 259 g/mol. The zero-order chi connectivity index (χ0) is 12.1. The minimum atomic E-state index is -1.09. The average molecular weight is 260 g/mol. The van der Waals surface area contributed by atoms with Crippen LogP contribution in [0.1, 0.15) is 26.7 Å². The molecule has 0 heterocycles. The second-order valence-corrected chi connectivity index (χ2v) is 5.69. The van der Waals surface area contributed by atoms with E-state index in [2.05, 4.69) is 13.8 Å². The van der Waals surface area contributed by atoms with Gasteiger partial charge in [0.15, 0.2) is 0 Å². The van der Waals surface area contributed by atoms with Gasteiger partial charge < -0.3 is 5.73 Å². The summed E-state index contributed by atoms with van der Waals surface area (Å²) >= 11 is 6.02. The molecular formula is C12H18ClNOS. The molecule has 0 amide bonds. The van der Waals surface area contributed by atoms with Crippen LogP contribution in [-0.2, 0) is 10.8 Å². The van der Waals surface area contributed by atoms with E-state index in [-0.39, 0.29) is 0 Å². The number of halogens is 1. The lowest BCUT2D eigenvalue weighted by Crippen LogP contribution is -2.11. The molecule has 1 rings (SSSR count). The van der Waals surface area contributed by atoms with Crippen molar-refractivity contribution in [3.05, 3.63) is 23.2 Å². The first-order chi connectivity index (χ1) is 7.60. The Morgan fingerprint density at radius 3 is 2.50 bits per heavy atom. The minimum absolute atomic E-state index is 0.469. The highest BCUT2D eigenvalue weighted by Crippen LogP contribution is 2.27. The maximum Gasteiger partial charge on any atom is 0.0803 e. The molecular weight excluding hydrogens is 242 g/mol. The highest BCUT2D eigenvalue weighted by Gasteiger charge is 2.15. The summed E-state index contributed by atoms with van der Waals surface area (Å²) in [7, 11) is -1.09. The molecule has 0 spiro atoms. The van der Waals surface area contributed by atoms with Crippen molar-refractivity contribution in [2.75, 3.05) is 11.5 Å². The summed E-state index contributed by atoms with van der Waals surface area (Å²) in [6, 6.07) is 5.25. The van der Waals surface area contributed by atoms with Gasteiger partial charge >= 0.3 is 0 Å². The van der Waals surface area contributed by atoms with Gasteiger partial charge in [-0.3, -0.25) is 4.21 Å². The molecule has 16 heavy (non-hydrogen) atoms. The average Bonchev–Trinajstić information content (AvgIpc) is 2.25. The number of nitrogen functional groups attached to an aromatic ring is 1. The molecule has 0 aromatic heterocycles. The highest BCUT2D eigenvalue weighted by atomic mass is 35.5. The lowest BCUT2D eigenvalue weighted by atomic mass is 10.1. The molecule has 1 atom stereocenters. The van der Waals surface area contributed by atoms with Crippen molar-refractivity contribution in [2.24, 2.45) is 5.92 Å². The first kappa shape index (κ1) is 13.5. The molecule has 0 radical (unpaired) electrons. The molecule has 2 nitrogen and oxygen atoms in total. The molecule has 0 aliphatic heterocycles. The second kappa shape index (κ2) is 6.26. The van der Waals surface area contributed by atoms with Crippen LogP contribution in [0.4, 0.5) is 5.69 Å². The van der Waals surface area contributed by atoms with Gasteiger partial charge in [0.2, 0.25) is 0 Å². The summed E-state index contributed by atoms with van der Waals surface area (Å²) < 4.78 is 12.2. The third kappa shape index (κ3) is 3.22. The summed E-state index contributed by atoms with van der Waals surface area (Å²) in [4.78, 5) is 0.594. The number of nitrogens with two attached hydrogens (primary N) is 1. The Hall–Kier alpha value is -0.540. The Labute approximate surface area is 105 Å². The van der Waals surface area contributed by atoms with Gasteiger partial charge in [0.1, 0.15) is 0 Å². The molecule has 1 aromatic carbocycles. The molecule has 90 valence electrons. The molecule has 0 fully saturated rings. The van der Waals surface area contributed by atoms with Crippen LogP contribution in [0.15, 0.2) is 23.1 Å². The zero-order valence-corrected chi connectivity index (χ0v) is 11.3. The number of anilines is 1. The summed E-state index contributed by atoms with van der Waals surface area (Å²) in [6.07, 6.45) is 2.07. The van der Waals surface area contributed by atoms with Crippen molar-refractivity contribution in [2.45, 2.75) is 31.6 Å².